The molecule has 0 aliphatic heterocycles. The predicted octanol–water partition coefficient (Wildman–Crippen LogP) is 2.15. The number of aromatic carboxylic acids is 2. The van der Waals surface area contributed by atoms with Crippen molar-refractivity contribution in [1.82, 2.24) is 9.97 Å². The Labute approximate surface area is 141 Å². The van der Waals surface area contributed by atoms with Gasteiger partial charge in [0.2, 0.25) is 0 Å². The van der Waals surface area contributed by atoms with E-state index >= 15 is 0 Å². The first-order chi connectivity index (χ1) is 11.2. The van der Waals surface area contributed by atoms with E-state index in [0.717, 1.165) is 0 Å². The summed E-state index contributed by atoms with van der Waals surface area (Å²) in [4.78, 5) is 39.0. The number of benzene rings is 1. The Morgan fingerprint density at radius 1 is 1.08 bits per heavy atom. The predicted molar refractivity (Wildman–Crippen MR) is 83.5 cm³/mol. The van der Waals surface area contributed by atoms with Crippen molar-refractivity contribution >= 4 is 29.5 Å². The lowest BCUT2D eigenvalue weighted by molar-refractivity contribution is -0.136. The van der Waals surface area contributed by atoms with Crippen LogP contribution in [0.3, 0.4) is 0 Å². The molecule has 24 heavy (non-hydrogen) atoms. The highest BCUT2D eigenvalue weighted by atomic mass is 35.5. The zero-order chi connectivity index (χ0) is 18.3. The molecular formula is C15H13ClN2O6. The van der Waals surface area contributed by atoms with Crippen LogP contribution in [0.15, 0.2) is 30.7 Å². The van der Waals surface area contributed by atoms with Crippen LogP contribution in [0.25, 0.3) is 0 Å². The Morgan fingerprint density at radius 3 is 2.21 bits per heavy atom. The Morgan fingerprint density at radius 2 is 1.75 bits per heavy atom. The number of aromatic nitrogens is 2. The average Bonchev–Trinajstić information content (AvgIpc) is 2.47. The van der Waals surface area contributed by atoms with Crippen LogP contribution in [0.2, 0.25) is 5.02 Å². The number of hydrogen-bond donors (Lipinski definition) is 3. The molecule has 0 fully saturated rings. The molecule has 8 nitrogen and oxygen atoms in total. The third-order valence-electron chi connectivity index (χ3n) is 2.74. The summed E-state index contributed by atoms with van der Waals surface area (Å²) in [5, 5.41) is 25.5. The van der Waals surface area contributed by atoms with Crippen molar-refractivity contribution in [3.05, 3.63) is 58.1 Å². The standard InChI is InChI=1S/C9H7ClO4.C6H6N2O2/c1-4-2-3-5(8(11)12)7(10)6(4)9(13)14;9-6(10)3-5-4-7-1-2-8-5/h2-3H,1H3,(H,11,12)(H,13,14);1-2,4H,3H2,(H,9,10). The van der Waals surface area contributed by atoms with Gasteiger partial charge >= 0.3 is 17.9 Å². The van der Waals surface area contributed by atoms with Gasteiger partial charge in [-0.05, 0) is 18.6 Å². The maximum absolute atomic E-state index is 10.7. The number of carboxylic acid groups (broad SMARTS) is 3. The van der Waals surface area contributed by atoms with Crippen molar-refractivity contribution in [2.24, 2.45) is 0 Å². The summed E-state index contributed by atoms with van der Waals surface area (Å²) in [6.45, 7) is 1.56. The minimum absolute atomic E-state index is 0.0617. The molecule has 0 saturated heterocycles. The van der Waals surface area contributed by atoms with Crippen LogP contribution in [0.5, 0.6) is 0 Å². The molecule has 1 heterocycles. The smallest absolute Gasteiger partial charge is 0.337 e. The van der Waals surface area contributed by atoms with Gasteiger partial charge in [0.05, 0.1) is 28.3 Å². The maximum Gasteiger partial charge on any atom is 0.337 e. The first kappa shape index (κ1) is 19.0. The number of carboxylic acids is 3. The van der Waals surface area contributed by atoms with Crippen molar-refractivity contribution in [2.75, 3.05) is 0 Å². The fourth-order valence-corrected chi connectivity index (χ4v) is 2.05. The fraction of sp³-hybridized carbons (Fsp3) is 0.133. The van der Waals surface area contributed by atoms with Crippen LogP contribution in [-0.2, 0) is 11.2 Å². The summed E-state index contributed by atoms with van der Waals surface area (Å²) in [7, 11) is 0. The van der Waals surface area contributed by atoms with Gasteiger partial charge in [-0.25, -0.2) is 9.59 Å². The topological polar surface area (TPSA) is 138 Å². The number of aryl methyl sites for hydroxylation is 1. The lowest BCUT2D eigenvalue weighted by Crippen LogP contribution is -2.06. The molecule has 3 N–H and O–H groups in total. The highest BCUT2D eigenvalue weighted by Crippen LogP contribution is 2.24. The number of halogens is 1. The van der Waals surface area contributed by atoms with Crippen molar-refractivity contribution in [2.45, 2.75) is 13.3 Å². The van der Waals surface area contributed by atoms with Gasteiger partial charge in [0.15, 0.2) is 0 Å². The normalized spacial score (nSPS) is 9.58. The zero-order valence-electron chi connectivity index (χ0n) is 12.4. The summed E-state index contributed by atoms with van der Waals surface area (Å²) in [6.07, 6.45) is 4.35. The van der Waals surface area contributed by atoms with E-state index in [1.165, 1.54) is 30.7 Å². The molecule has 0 amide bonds. The number of rotatable bonds is 4. The molecule has 126 valence electrons. The molecule has 2 rings (SSSR count). The number of hydrogen-bond acceptors (Lipinski definition) is 5. The van der Waals surface area contributed by atoms with E-state index in [1.54, 1.807) is 6.92 Å². The Balaban J connectivity index is 0.000000254. The molecule has 0 unspecified atom stereocenters. The summed E-state index contributed by atoms with van der Waals surface area (Å²) >= 11 is 5.64. The Hall–Kier alpha value is -3.00. The highest BCUT2D eigenvalue weighted by Gasteiger charge is 2.18. The zero-order valence-corrected chi connectivity index (χ0v) is 13.2. The third kappa shape index (κ3) is 5.33. The monoisotopic (exact) mass is 352 g/mol. The molecule has 1 aromatic heterocycles. The first-order valence-electron chi connectivity index (χ1n) is 6.46. The van der Waals surface area contributed by atoms with Gasteiger partial charge in [-0.15, -0.1) is 0 Å². The minimum Gasteiger partial charge on any atom is -0.481 e. The lowest BCUT2D eigenvalue weighted by Gasteiger charge is -2.05. The number of carbonyl (C=O) groups is 3. The second kappa shape index (κ2) is 8.59. The second-order valence-corrected chi connectivity index (χ2v) is 4.87. The van der Waals surface area contributed by atoms with Crippen molar-refractivity contribution < 1.29 is 29.7 Å². The van der Waals surface area contributed by atoms with E-state index < -0.39 is 17.9 Å². The van der Waals surface area contributed by atoms with E-state index in [9.17, 15) is 14.4 Å². The van der Waals surface area contributed by atoms with E-state index in [4.69, 9.17) is 26.9 Å². The Kier molecular flexibility index (Phi) is 6.81. The van der Waals surface area contributed by atoms with Crippen LogP contribution in [0.1, 0.15) is 32.0 Å². The van der Waals surface area contributed by atoms with Gasteiger partial charge in [-0.3, -0.25) is 14.8 Å². The molecule has 1 aromatic carbocycles. The SMILES string of the molecule is Cc1ccc(C(=O)O)c(Cl)c1C(=O)O.O=C(O)Cc1cnccn1. The molecule has 9 heteroatoms. The van der Waals surface area contributed by atoms with Crippen molar-refractivity contribution in [3.63, 3.8) is 0 Å². The summed E-state index contributed by atoms with van der Waals surface area (Å²) in [5.74, 6) is -3.35. The highest BCUT2D eigenvalue weighted by molar-refractivity contribution is 6.36. The summed E-state index contributed by atoms with van der Waals surface area (Å²) in [6, 6.07) is 2.70. The Bertz CT molecular complexity index is 764. The van der Waals surface area contributed by atoms with Crippen LogP contribution < -0.4 is 0 Å². The van der Waals surface area contributed by atoms with Crippen LogP contribution in [-0.4, -0.2) is 43.2 Å². The fourth-order valence-electron chi connectivity index (χ4n) is 1.68. The van der Waals surface area contributed by atoms with E-state index in [2.05, 4.69) is 9.97 Å². The first-order valence-corrected chi connectivity index (χ1v) is 6.84. The third-order valence-corrected chi connectivity index (χ3v) is 3.14. The van der Waals surface area contributed by atoms with Crippen LogP contribution in [0, 0.1) is 6.92 Å². The molecule has 0 radical (unpaired) electrons. The van der Waals surface area contributed by atoms with Crippen molar-refractivity contribution in [1.29, 1.82) is 0 Å². The van der Waals surface area contributed by atoms with Crippen LogP contribution in [0.4, 0.5) is 0 Å². The van der Waals surface area contributed by atoms with Gasteiger partial charge in [-0.1, -0.05) is 17.7 Å². The number of nitrogens with zero attached hydrogens (tertiary/aromatic N) is 2. The maximum atomic E-state index is 10.7. The molecule has 0 saturated carbocycles. The average molecular weight is 353 g/mol. The van der Waals surface area contributed by atoms with Gasteiger partial charge in [-0.2, -0.15) is 0 Å². The van der Waals surface area contributed by atoms with Crippen molar-refractivity contribution in [3.8, 4) is 0 Å². The molecular weight excluding hydrogens is 340 g/mol. The van der Waals surface area contributed by atoms with Gasteiger partial charge in [0.25, 0.3) is 0 Å². The molecule has 0 spiro atoms. The lowest BCUT2D eigenvalue weighted by atomic mass is 10.1. The molecule has 2 aromatic rings. The van der Waals surface area contributed by atoms with E-state index in [1.807, 2.05) is 0 Å². The van der Waals surface area contributed by atoms with E-state index in [0.29, 0.717) is 11.3 Å². The van der Waals surface area contributed by atoms with Gasteiger partial charge in [0.1, 0.15) is 0 Å². The molecule has 0 atom stereocenters. The molecule has 0 bridgehead atoms. The summed E-state index contributed by atoms with van der Waals surface area (Å²) < 4.78 is 0. The second-order valence-electron chi connectivity index (χ2n) is 4.50. The number of aliphatic carboxylic acids is 1. The minimum atomic E-state index is -1.24. The quantitative estimate of drug-likeness (QED) is 0.760. The molecule has 0 aliphatic rings. The van der Waals surface area contributed by atoms with E-state index in [-0.39, 0.29) is 22.6 Å². The van der Waals surface area contributed by atoms with Crippen LogP contribution >= 0.6 is 11.6 Å². The molecule has 0 aliphatic carbocycles. The van der Waals surface area contributed by atoms with Gasteiger partial charge in [0, 0.05) is 18.6 Å². The summed E-state index contributed by atoms with van der Waals surface area (Å²) in [5.41, 5.74) is 0.559. The largest absolute Gasteiger partial charge is 0.481 e. The van der Waals surface area contributed by atoms with Gasteiger partial charge < -0.3 is 15.3 Å².